The minimum atomic E-state index is 0.747. The summed E-state index contributed by atoms with van der Waals surface area (Å²) in [5, 5.41) is 6.70. The topological polar surface area (TPSA) is 98.9 Å². The van der Waals surface area contributed by atoms with Crippen LogP contribution in [0.25, 0.3) is 88.7 Å². The molecular weight excluding hydrogens is 771 g/mol. The van der Waals surface area contributed by atoms with Gasteiger partial charge in [-0.25, -0.2) is 19.9 Å². The lowest BCUT2D eigenvalue weighted by Crippen LogP contribution is -1.96. The normalized spacial score (nSPS) is 12.2. The second-order valence-corrected chi connectivity index (χ2v) is 18.3. The van der Waals surface area contributed by atoms with Gasteiger partial charge in [-0.1, -0.05) is 107 Å². The number of benzene rings is 4. The highest BCUT2D eigenvalue weighted by atomic mass is 15.0. The van der Waals surface area contributed by atoms with Crippen LogP contribution in [0.4, 0.5) is 0 Å². The summed E-state index contributed by atoms with van der Waals surface area (Å²) in [7, 11) is 0. The molecule has 0 saturated carbocycles. The molecule has 326 valence electrons. The first kappa shape index (κ1) is 42.7. The Balaban J connectivity index is 1.52. The summed E-state index contributed by atoms with van der Waals surface area (Å²) in [6.45, 7) is 18.2. The maximum absolute atomic E-state index is 5.63. The summed E-state index contributed by atoms with van der Waals surface area (Å²) in [5.41, 5.74) is 19.6. The molecule has 7 heteroatoms. The minimum absolute atomic E-state index is 0.747. The smallest absolute Gasteiger partial charge is 0.162 e. The zero-order valence-electron chi connectivity index (χ0n) is 39.2. The van der Waals surface area contributed by atoms with Crippen LogP contribution in [0, 0.1) is 0 Å². The Kier molecular flexibility index (Phi) is 12.4. The van der Waals surface area contributed by atoms with Crippen molar-refractivity contribution in [3.63, 3.8) is 0 Å². The zero-order valence-corrected chi connectivity index (χ0v) is 39.2. The molecule has 0 saturated heterocycles. The predicted molar refractivity (Wildman–Crippen MR) is 269 cm³/mol. The van der Waals surface area contributed by atoms with Crippen molar-refractivity contribution in [3.8, 4) is 22.6 Å². The van der Waals surface area contributed by atoms with E-state index in [1.807, 2.05) is 0 Å². The molecule has 8 bridgehead atoms. The third kappa shape index (κ3) is 7.80. The number of rotatable bonds is 16. The number of hydrogen-bond donors (Lipinski definition) is 3. The fourth-order valence-corrected chi connectivity index (χ4v) is 10.5. The molecule has 4 aromatic heterocycles. The van der Waals surface area contributed by atoms with E-state index in [9.17, 15) is 0 Å². The highest BCUT2D eigenvalue weighted by Crippen LogP contribution is 2.43. The lowest BCUT2D eigenvalue weighted by Gasteiger charge is -2.12. The van der Waals surface area contributed by atoms with Gasteiger partial charge in [0.05, 0.1) is 11.2 Å². The Morgan fingerprint density at radius 3 is 0.952 bits per heavy atom. The molecule has 1 aliphatic heterocycles. The Morgan fingerprint density at radius 1 is 0.302 bits per heavy atom. The van der Waals surface area contributed by atoms with E-state index in [0.717, 1.165) is 186 Å². The molecule has 0 aliphatic carbocycles. The van der Waals surface area contributed by atoms with Crippen molar-refractivity contribution in [2.24, 2.45) is 0 Å². The summed E-state index contributed by atoms with van der Waals surface area (Å²) in [6.07, 6.45) is 16.9. The van der Waals surface area contributed by atoms with Gasteiger partial charge in [-0.15, -0.1) is 0 Å². The molecular formula is C56H67N7. The molecule has 4 aromatic carbocycles. The lowest BCUT2D eigenvalue weighted by atomic mass is 9.92. The highest BCUT2D eigenvalue weighted by Gasteiger charge is 2.25. The van der Waals surface area contributed by atoms with Crippen LogP contribution in [0.5, 0.6) is 0 Å². The van der Waals surface area contributed by atoms with Crippen LogP contribution in [0.3, 0.4) is 0 Å². The van der Waals surface area contributed by atoms with Gasteiger partial charge in [-0.2, -0.15) is 0 Å². The first-order valence-electron chi connectivity index (χ1n) is 24.6. The van der Waals surface area contributed by atoms with E-state index in [-0.39, 0.29) is 0 Å². The third-order valence-corrected chi connectivity index (χ3v) is 13.4. The number of aromatic amines is 3. The van der Waals surface area contributed by atoms with Gasteiger partial charge in [0.1, 0.15) is 28.2 Å². The van der Waals surface area contributed by atoms with Crippen molar-refractivity contribution in [1.82, 2.24) is 34.9 Å². The molecule has 0 unspecified atom stereocenters. The van der Waals surface area contributed by atoms with Gasteiger partial charge in [-0.05, 0) is 144 Å². The molecule has 8 aromatic rings. The molecule has 3 N–H and O–H groups in total. The molecule has 1 aliphatic rings. The van der Waals surface area contributed by atoms with E-state index in [2.05, 4.69) is 119 Å². The van der Waals surface area contributed by atoms with E-state index in [4.69, 9.17) is 19.9 Å². The number of hydrogen-bond acceptors (Lipinski definition) is 4. The van der Waals surface area contributed by atoms with Crippen molar-refractivity contribution >= 4 is 66.1 Å². The van der Waals surface area contributed by atoms with Crippen LogP contribution in [0.2, 0.25) is 0 Å². The average molecular weight is 838 g/mol. The number of fused-ring (bicyclic) bond motifs is 21. The first-order chi connectivity index (χ1) is 30.8. The minimum Gasteiger partial charge on any atom is -0.337 e. The van der Waals surface area contributed by atoms with Crippen molar-refractivity contribution < 1.29 is 0 Å². The van der Waals surface area contributed by atoms with Gasteiger partial charge in [-0.3, -0.25) is 0 Å². The van der Waals surface area contributed by atoms with Gasteiger partial charge < -0.3 is 15.0 Å². The van der Waals surface area contributed by atoms with Crippen molar-refractivity contribution in [2.45, 2.75) is 158 Å². The van der Waals surface area contributed by atoms with Gasteiger partial charge in [0.15, 0.2) is 5.82 Å². The van der Waals surface area contributed by atoms with Gasteiger partial charge in [0.2, 0.25) is 0 Å². The summed E-state index contributed by atoms with van der Waals surface area (Å²) in [6, 6.07) is 19.3. The number of nitrogens with zero attached hydrogens (tertiary/aromatic N) is 4. The quantitative estimate of drug-likeness (QED) is 0.0902. The Morgan fingerprint density at radius 2 is 0.587 bits per heavy atom. The third-order valence-electron chi connectivity index (χ3n) is 13.4. The van der Waals surface area contributed by atoms with Gasteiger partial charge in [0.25, 0.3) is 0 Å². The summed E-state index contributed by atoms with van der Waals surface area (Å²) < 4.78 is 0. The molecule has 7 nitrogen and oxygen atoms in total. The van der Waals surface area contributed by atoms with Crippen LogP contribution in [0.1, 0.15) is 151 Å². The summed E-state index contributed by atoms with van der Waals surface area (Å²) in [5.74, 6) is 0.747. The van der Waals surface area contributed by atoms with Crippen molar-refractivity contribution in [3.05, 3.63) is 93.0 Å². The van der Waals surface area contributed by atoms with Gasteiger partial charge >= 0.3 is 0 Å². The van der Waals surface area contributed by atoms with Crippen LogP contribution in [-0.4, -0.2) is 34.9 Å². The molecule has 0 spiro atoms. The number of aromatic nitrogens is 7. The van der Waals surface area contributed by atoms with Crippen LogP contribution >= 0.6 is 0 Å². The summed E-state index contributed by atoms with van der Waals surface area (Å²) in [4.78, 5) is 34.0. The highest BCUT2D eigenvalue weighted by molar-refractivity contribution is 6.13. The van der Waals surface area contributed by atoms with E-state index < -0.39 is 0 Å². The van der Waals surface area contributed by atoms with Crippen molar-refractivity contribution in [1.29, 1.82) is 0 Å². The van der Waals surface area contributed by atoms with E-state index in [1.165, 1.54) is 49.9 Å². The second-order valence-electron chi connectivity index (χ2n) is 18.3. The molecule has 0 atom stereocenters. The fraction of sp³-hybridized carbons (Fsp3) is 0.429. The van der Waals surface area contributed by atoms with Crippen LogP contribution in [0.15, 0.2) is 48.5 Å². The molecule has 0 amide bonds. The maximum atomic E-state index is 5.63. The second kappa shape index (κ2) is 18.3. The Hall–Kier alpha value is -5.56. The number of nitrogens with one attached hydrogen (secondary N) is 3. The van der Waals surface area contributed by atoms with Gasteiger partial charge in [0, 0.05) is 43.4 Å². The average Bonchev–Trinajstić information content (AvgIpc) is 3.99. The van der Waals surface area contributed by atoms with Crippen LogP contribution < -0.4 is 0 Å². The van der Waals surface area contributed by atoms with E-state index in [1.54, 1.807) is 0 Å². The largest absolute Gasteiger partial charge is 0.337 e. The number of H-pyrrole nitrogens is 3. The predicted octanol–water partition coefficient (Wildman–Crippen LogP) is 15.1. The summed E-state index contributed by atoms with van der Waals surface area (Å²) >= 11 is 0. The molecule has 63 heavy (non-hydrogen) atoms. The first-order valence-corrected chi connectivity index (χ1v) is 24.6. The molecule has 0 radical (unpaired) electrons. The molecule has 5 heterocycles. The standard InChI is InChI=1S/C56H67N7/c1-9-17-33-25-41-43(27-35(33)19-11-3)51-57-49(41)50-42-26-34(18-10-2)36(20-12-4)28-44(42)52(58-50)60-54-46-30-38(22-14-6)40(24-16-8)32-48(46)56(62-54)63-55-47-31-39(23-15-7)37(21-13-5)29-45(47)53(59-51)61-55/h25-32H,9-24H2,1-8H3,(H3,57,58,59,60,61,62,63). The monoisotopic (exact) mass is 838 g/mol. The SMILES string of the molecule is CCCc1cc2c(cc1CCC)-c1nc-2nc2[nH]c(nc3[nH]c(nc4[nH]c1c1cc(CCC)c(CCC)cc41)c1cc(CCC)c(CCC)cc31)c1cc(CCC)c(CCC)cc21. The van der Waals surface area contributed by atoms with Crippen molar-refractivity contribution in [2.75, 3.05) is 0 Å². The number of aryl methyl sites for hydroxylation is 8. The Labute approximate surface area is 373 Å². The van der Waals surface area contributed by atoms with E-state index in [0.29, 0.717) is 0 Å². The molecule has 0 fully saturated rings. The lowest BCUT2D eigenvalue weighted by molar-refractivity contribution is 0.862. The zero-order chi connectivity index (χ0) is 43.8. The van der Waals surface area contributed by atoms with Crippen LogP contribution in [-0.2, 0) is 51.4 Å². The maximum Gasteiger partial charge on any atom is 0.162 e. The van der Waals surface area contributed by atoms with E-state index >= 15 is 0 Å². The molecule has 9 rings (SSSR count). The Bertz CT molecular complexity index is 3120. The fourth-order valence-electron chi connectivity index (χ4n) is 10.5.